The highest BCUT2D eigenvalue weighted by Crippen LogP contribution is 2.30. The molecule has 0 atom stereocenters. The molecule has 1 amide bonds. The van der Waals surface area contributed by atoms with Gasteiger partial charge in [0.2, 0.25) is 5.91 Å². The van der Waals surface area contributed by atoms with Crippen molar-refractivity contribution in [3.8, 4) is 11.5 Å². The molecule has 8 heteroatoms. The van der Waals surface area contributed by atoms with E-state index in [0.717, 1.165) is 16.7 Å². The van der Waals surface area contributed by atoms with E-state index in [1.54, 1.807) is 27.2 Å². The fourth-order valence-electron chi connectivity index (χ4n) is 2.83. The Morgan fingerprint density at radius 2 is 1.75 bits per heavy atom. The third kappa shape index (κ3) is 5.20. The maximum Gasteiger partial charge on any atom is 0.271 e. The number of non-ortho nitro benzene ring substituents is 1. The molecule has 28 heavy (non-hydrogen) atoms. The van der Waals surface area contributed by atoms with E-state index in [1.807, 2.05) is 31.0 Å². The van der Waals surface area contributed by atoms with Crippen molar-refractivity contribution in [2.45, 2.75) is 20.4 Å². The van der Waals surface area contributed by atoms with Crippen LogP contribution in [-0.4, -0.2) is 43.5 Å². The number of likely N-dealkylation sites (N-methyl/N-ethyl adjacent to an activating group) is 1. The number of hydrogen-bond donors (Lipinski definition) is 1. The number of nitrogens with zero attached hydrogens (tertiary/aromatic N) is 2. The molecule has 0 saturated carbocycles. The topological polar surface area (TPSA) is 93.9 Å². The number of rotatable bonds is 8. The minimum Gasteiger partial charge on any atom is -0.493 e. The Morgan fingerprint density at radius 3 is 2.36 bits per heavy atom. The molecule has 0 aliphatic rings. The number of ether oxygens (including phenoxy) is 2. The molecule has 0 heterocycles. The van der Waals surface area contributed by atoms with Crippen LogP contribution in [0.2, 0.25) is 0 Å². The predicted octanol–water partition coefficient (Wildman–Crippen LogP) is 3.30. The lowest BCUT2D eigenvalue weighted by Gasteiger charge is -2.19. The summed E-state index contributed by atoms with van der Waals surface area (Å²) in [4.78, 5) is 24.7. The molecule has 1 N–H and O–H groups in total. The molecule has 2 aromatic carbocycles. The zero-order valence-corrected chi connectivity index (χ0v) is 16.7. The van der Waals surface area contributed by atoms with Crippen molar-refractivity contribution >= 4 is 17.3 Å². The van der Waals surface area contributed by atoms with Crippen LogP contribution in [0.15, 0.2) is 30.3 Å². The van der Waals surface area contributed by atoms with E-state index < -0.39 is 4.92 Å². The van der Waals surface area contributed by atoms with Crippen molar-refractivity contribution in [1.29, 1.82) is 0 Å². The first-order valence-corrected chi connectivity index (χ1v) is 8.70. The summed E-state index contributed by atoms with van der Waals surface area (Å²) in [5.74, 6) is 1.04. The Morgan fingerprint density at radius 1 is 1.11 bits per heavy atom. The second-order valence-electron chi connectivity index (χ2n) is 6.61. The average molecular weight is 387 g/mol. The van der Waals surface area contributed by atoms with Crippen molar-refractivity contribution in [3.05, 3.63) is 57.1 Å². The van der Waals surface area contributed by atoms with Gasteiger partial charge in [0.05, 0.1) is 31.4 Å². The molecule has 0 spiro atoms. The van der Waals surface area contributed by atoms with E-state index in [-0.39, 0.29) is 18.1 Å². The molecule has 0 bridgehead atoms. The number of methoxy groups -OCH3 is 2. The molecule has 0 saturated heterocycles. The third-order valence-electron chi connectivity index (χ3n) is 4.40. The third-order valence-corrected chi connectivity index (χ3v) is 4.40. The Bertz CT molecular complexity index is 882. The number of carbonyl (C=O) groups is 1. The van der Waals surface area contributed by atoms with E-state index >= 15 is 0 Å². The van der Waals surface area contributed by atoms with E-state index in [9.17, 15) is 14.9 Å². The lowest BCUT2D eigenvalue weighted by atomic mass is 10.1. The van der Waals surface area contributed by atoms with E-state index in [1.165, 1.54) is 12.1 Å². The number of amides is 1. The van der Waals surface area contributed by atoms with Gasteiger partial charge in [0.1, 0.15) is 0 Å². The van der Waals surface area contributed by atoms with Crippen LogP contribution in [0.1, 0.15) is 16.7 Å². The number of benzene rings is 2. The van der Waals surface area contributed by atoms with E-state index in [4.69, 9.17) is 9.47 Å². The highest BCUT2D eigenvalue weighted by Gasteiger charge is 2.14. The molecule has 0 aromatic heterocycles. The average Bonchev–Trinajstić information content (AvgIpc) is 2.64. The van der Waals surface area contributed by atoms with Gasteiger partial charge in [-0.1, -0.05) is 6.07 Å². The Hall–Kier alpha value is -3.13. The fourth-order valence-corrected chi connectivity index (χ4v) is 2.83. The summed E-state index contributed by atoms with van der Waals surface area (Å²) in [5.41, 5.74) is 3.18. The second kappa shape index (κ2) is 9.18. The first-order chi connectivity index (χ1) is 13.2. The van der Waals surface area contributed by atoms with Crippen molar-refractivity contribution < 1.29 is 19.2 Å². The van der Waals surface area contributed by atoms with Crippen LogP contribution in [0.4, 0.5) is 11.4 Å². The zero-order chi connectivity index (χ0) is 20.8. The normalized spacial score (nSPS) is 10.6. The van der Waals surface area contributed by atoms with Crippen LogP contribution >= 0.6 is 0 Å². The lowest BCUT2D eigenvalue weighted by Crippen LogP contribution is -2.30. The van der Waals surface area contributed by atoms with Gasteiger partial charge in [-0.15, -0.1) is 0 Å². The Labute approximate surface area is 164 Å². The zero-order valence-electron chi connectivity index (χ0n) is 16.7. The van der Waals surface area contributed by atoms with Crippen molar-refractivity contribution in [2.24, 2.45) is 0 Å². The minimum absolute atomic E-state index is 0.0600. The maximum absolute atomic E-state index is 12.4. The van der Waals surface area contributed by atoms with Crippen LogP contribution in [0, 0.1) is 24.0 Å². The van der Waals surface area contributed by atoms with Gasteiger partial charge in [-0.2, -0.15) is 0 Å². The molecule has 2 aromatic rings. The van der Waals surface area contributed by atoms with Gasteiger partial charge < -0.3 is 14.8 Å². The number of anilines is 1. The molecule has 8 nitrogen and oxygen atoms in total. The van der Waals surface area contributed by atoms with Gasteiger partial charge in [0.15, 0.2) is 11.5 Å². The van der Waals surface area contributed by atoms with Crippen molar-refractivity contribution in [3.63, 3.8) is 0 Å². The van der Waals surface area contributed by atoms with Gasteiger partial charge in [-0.25, -0.2) is 0 Å². The SMILES string of the molecule is COc1cc(C)c(CN(C)CC(=O)Nc2cc([N+](=O)[O-])ccc2C)cc1OC. The fraction of sp³-hybridized carbons (Fsp3) is 0.350. The van der Waals surface area contributed by atoms with Crippen molar-refractivity contribution in [1.82, 2.24) is 4.90 Å². The van der Waals surface area contributed by atoms with Crippen LogP contribution < -0.4 is 14.8 Å². The summed E-state index contributed by atoms with van der Waals surface area (Å²) in [6.07, 6.45) is 0. The number of aryl methyl sites for hydroxylation is 2. The lowest BCUT2D eigenvalue weighted by molar-refractivity contribution is -0.384. The summed E-state index contributed by atoms with van der Waals surface area (Å²) in [7, 11) is 4.99. The quantitative estimate of drug-likeness (QED) is 0.552. The highest BCUT2D eigenvalue weighted by atomic mass is 16.6. The first-order valence-electron chi connectivity index (χ1n) is 8.70. The summed E-state index contributed by atoms with van der Waals surface area (Å²) in [6.45, 7) is 4.43. The van der Waals surface area contributed by atoms with E-state index in [0.29, 0.717) is 23.7 Å². The molecular formula is C20H25N3O5. The summed E-state index contributed by atoms with van der Waals surface area (Å²) in [5, 5.41) is 13.7. The summed E-state index contributed by atoms with van der Waals surface area (Å²) in [6, 6.07) is 8.19. The van der Waals surface area contributed by atoms with Crippen LogP contribution in [0.25, 0.3) is 0 Å². The van der Waals surface area contributed by atoms with Crippen LogP contribution in [0.5, 0.6) is 11.5 Å². The number of nitrogens with one attached hydrogen (secondary N) is 1. The molecular weight excluding hydrogens is 362 g/mol. The molecule has 0 unspecified atom stereocenters. The molecule has 150 valence electrons. The number of nitro groups is 1. The van der Waals surface area contributed by atoms with Gasteiger partial charge >= 0.3 is 0 Å². The highest BCUT2D eigenvalue weighted by molar-refractivity contribution is 5.93. The first kappa shape index (κ1) is 21.2. The van der Waals surface area contributed by atoms with Crippen LogP contribution in [0.3, 0.4) is 0 Å². The number of nitro benzene ring substituents is 1. The Balaban J connectivity index is 2.05. The molecule has 0 aliphatic heterocycles. The molecule has 0 fully saturated rings. The van der Waals surface area contributed by atoms with Gasteiger partial charge in [-0.05, 0) is 49.7 Å². The molecule has 2 rings (SSSR count). The predicted molar refractivity (Wildman–Crippen MR) is 107 cm³/mol. The number of hydrogen-bond acceptors (Lipinski definition) is 6. The number of carbonyl (C=O) groups excluding carboxylic acids is 1. The smallest absolute Gasteiger partial charge is 0.271 e. The summed E-state index contributed by atoms with van der Waals surface area (Å²) < 4.78 is 10.6. The van der Waals surface area contributed by atoms with Gasteiger partial charge in [0.25, 0.3) is 5.69 Å². The summed E-state index contributed by atoms with van der Waals surface area (Å²) >= 11 is 0. The maximum atomic E-state index is 12.4. The Kier molecular flexibility index (Phi) is 6.94. The monoisotopic (exact) mass is 387 g/mol. The van der Waals surface area contributed by atoms with E-state index in [2.05, 4.69) is 5.32 Å². The standard InChI is InChI=1S/C20H25N3O5/c1-13-6-7-16(23(25)26)10-17(13)21-20(24)12-22(3)11-15-9-19(28-5)18(27-4)8-14(15)2/h6-10H,11-12H2,1-5H3,(H,21,24). The van der Waals surface area contributed by atoms with Crippen LogP contribution in [-0.2, 0) is 11.3 Å². The molecule has 0 aliphatic carbocycles. The van der Waals surface area contributed by atoms with Gasteiger partial charge in [-0.3, -0.25) is 19.8 Å². The van der Waals surface area contributed by atoms with Gasteiger partial charge in [0, 0.05) is 18.7 Å². The minimum atomic E-state index is -0.485. The largest absolute Gasteiger partial charge is 0.493 e. The van der Waals surface area contributed by atoms with Crippen molar-refractivity contribution in [2.75, 3.05) is 33.1 Å². The second-order valence-corrected chi connectivity index (χ2v) is 6.61. The molecule has 0 radical (unpaired) electrons.